The SMILES string of the molecule is NCCCCC(N)C(=O)NC(CCC(N)=O)C(=O)NC(CS)C(=O)NC(Cc1ccc(O)cc1)C(=O)O. The monoisotopic (exact) mass is 540 g/mol. The van der Waals surface area contributed by atoms with Crippen LogP contribution in [-0.2, 0) is 30.4 Å². The fraction of sp³-hybridized carbons (Fsp3) is 0.522. The first-order valence-electron chi connectivity index (χ1n) is 11.7. The number of nitrogens with one attached hydrogen (secondary N) is 3. The quantitative estimate of drug-likeness (QED) is 0.0792. The van der Waals surface area contributed by atoms with E-state index in [0.717, 1.165) is 0 Å². The molecule has 14 heteroatoms. The van der Waals surface area contributed by atoms with Crippen molar-refractivity contribution in [3.63, 3.8) is 0 Å². The molecule has 37 heavy (non-hydrogen) atoms. The summed E-state index contributed by atoms with van der Waals surface area (Å²) in [4.78, 5) is 61.1. The van der Waals surface area contributed by atoms with E-state index in [2.05, 4.69) is 28.6 Å². The number of rotatable bonds is 17. The smallest absolute Gasteiger partial charge is 0.326 e. The van der Waals surface area contributed by atoms with Gasteiger partial charge in [0.05, 0.1) is 6.04 Å². The summed E-state index contributed by atoms with van der Waals surface area (Å²) in [5.74, 6) is -4.39. The second kappa shape index (κ2) is 16.4. The Hall–Kier alpha value is -3.36. The third kappa shape index (κ3) is 11.9. The lowest BCUT2D eigenvalue weighted by molar-refractivity contribution is -0.142. The molecule has 0 fully saturated rings. The van der Waals surface area contributed by atoms with Crippen molar-refractivity contribution in [3.8, 4) is 5.75 Å². The second-order valence-electron chi connectivity index (χ2n) is 8.47. The lowest BCUT2D eigenvalue weighted by Gasteiger charge is -2.24. The zero-order valence-corrected chi connectivity index (χ0v) is 21.3. The third-order valence-electron chi connectivity index (χ3n) is 5.42. The number of aliphatic carboxylic acids is 1. The Labute approximate surface area is 220 Å². The Balaban J connectivity index is 2.87. The van der Waals surface area contributed by atoms with Crippen molar-refractivity contribution in [2.75, 3.05) is 12.3 Å². The average molecular weight is 541 g/mol. The minimum atomic E-state index is -1.33. The molecule has 0 aliphatic heterocycles. The molecule has 4 unspecified atom stereocenters. The number of unbranched alkanes of at least 4 members (excludes halogenated alkanes) is 1. The highest BCUT2D eigenvalue weighted by atomic mass is 32.1. The van der Waals surface area contributed by atoms with Crippen LogP contribution in [0.25, 0.3) is 0 Å². The molecule has 4 atom stereocenters. The summed E-state index contributed by atoms with van der Waals surface area (Å²) < 4.78 is 0. The Kier molecular flexibility index (Phi) is 14.0. The number of thiol groups is 1. The summed E-state index contributed by atoms with van der Waals surface area (Å²) in [6, 6.07) is 1.11. The number of carbonyl (C=O) groups is 5. The van der Waals surface area contributed by atoms with Crippen LogP contribution in [0.4, 0.5) is 0 Å². The average Bonchev–Trinajstić information content (AvgIpc) is 2.85. The number of hydrogen-bond donors (Lipinski definition) is 9. The maximum atomic E-state index is 12.9. The van der Waals surface area contributed by atoms with Gasteiger partial charge >= 0.3 is 5.97 Å². The van der Waals surface area contributed by atoms with Crippen LogP contribution in [0.3, 0.4) is 0 Å². The van der Waals surface area contributed by atoms with Crippen molar-refractivity contribution in [2.45, 2.75) is 62.7 Å². The Morgan fingerprint density at radius 3 is 1.97 bits per heavy atom. The van der Waals surface area contributed by atoms with Crippen molar-refractivity contribution in [1.82, 2.24) is 16.0 Å². The first-order chi connectivity index (χ1) is 17.5. The summed E-state index contributed by atoms with van der Waals surface area (Å²) in [5.41, 5.74) is 17.0. The topological polar surface area (TPSA) is 240 Å². The van der Waals surface area contributed by atoms with Gasteiger partial charge in [-0.2, -0.15) is 12.6 Å². The van der Waals surface area contributed by atoms with E-state index in [1.54, 1.807) is 0 Å². The minimum absolute atomic E-state index is 0.00649. The number of aromatic hydroxyl groups is 1. The molecule has 11 N–H and O–H groups in total. The van der Waals surface area contributed by atoms with Gasteiger partial charge in [-0.25, -0.2) is 4.79 Å². The van der Waals surface area contributed by atoms with Crippen LogP contribution in [0.15, 0.2) is 24.3 Å². The zero-order valence-electron chi connectivity index (χ0n) is 20.4. The largest absolute Gasteiger partial charge is 0.508 e. The predicted molar refractivity (Wildman–Crippen MR) is 138 cm³/mol. The molecule has 0 radical (unpaired) electrons. The summed E-state index contributed by atoms with van der Waals surface area (Å²) in [5, 5.41) is 26.2. The van der Waals surface area contributed by atoms with Gasteiger partial charge in [0, 0.05) is 18.6 Å². The van der Waals surface area contributed by atoms with E-state index in [9.17, 15) is 34.2 Å². The van der Waals surface area contributed by atoms with E-state index in [1.807, 2.05) is 0 Å². The van der Waals surface area contributed by atoms with Gasteiger partial charge in [0.15, 0.2) is 0 Å². The molecular weight excluding hydrogens is 504 g/mol. The van der Waals surface area contributed by atoms with E-state index < -0.39 is 53.8 Å². The van der Waals surface area contributed by atoms with Gasteiger partial charge in [-0.3, -0.25) is 19.2 Å². The van der Waals surface area contributed by atoms with Gasteiger partial charge < -0.3 is 43.4 Å². The van der Waals surface area contributed by atoms with Crippen molar-refractivity contribution in [3.05, 3.63) is 29.8 Å². The van der Waals surface area contributed by atoms with Gasteiger partial charge in [-0.05, 0) is 43.5 Å². The number of carbonyl (C=O) groups excluding carboxylic acids is 4. The Bertz CT molecular complexity index is 931. The van der Waals surface area contributed by atoms with Crippen molar-refractivity contribution in [2.24, 2.45) is 17.2 Å². The number of hydrogen-bond acceptors (Lipinski definition) is 9. The molecule has 13 nitrogen and oxygen atoms in total. The van der Waals surface area contributed by atoms with E-state index >= 15 is 0 Å². The predicted octanol–water partition coefficient (Wildman–Crippen LogP) is -1.87. The van der Waals surface area contributed by atoms with Gasteiger partial charge in [-0.1, -0.05) is 18.6 Å². The number of carboxylic acids is 1. The normalized spacial score (nSPS) is 14.0. The molecule has 0 saturated carbocycles. The fourth-order valence-electron chi connectivity index (χ4n) is 3.28. The molecule has 4 amide bonds. The molecule has 0 aromatic heterocycles. The lowest BCUT2D eigenvalue weighted by atomic mass is 10.0. The molecule has 0 saturated heterocycles. The maximum absolute atomic E-state index is 12.9. The third-order valence-corrected chi connectivity index (χ3v) is 5.79. The van der Waals surface area contributed by atoms with Gasteiger partial charge in [0.25, 0.3) is 0 Å². The van der Waals surface area contributed by atoms with Crippen molar-refractivity contribution in [1.29, 1.82) is 0 Å². The molecular formula is C23H36N6O7S. The van der Waals surface area contributed by atoms with Crippen LogP contribution < -0.4 is 33.2 Å². The Morgan fingerprint density at radius 1 is 0.865 bits per heavy atom. The zero-order chi connectivity index (χ0) is 28.0. The summed E-state index contributed by atoms with van der Waals surface area (Å²) in [6.07, 6.45) is 1.20. The molecule has 0 bridgehead atoms. The highest BCUT2D eigenvalue weighted by Crippen LogP contribution is 2.12. The van der Waals surface area contributed by atoms with Crippen molar-refractivity contribution < 1.29 is 34.2 Å². The van der Waals surface area contributed by atoms with Gasteiger partial charge in [0.1, 0.15) is 23.9 Å². The molecule has 1 aromatic carbocycles. The summed E-state index contributed by atoms with van der Waals surface area (Å²) in [7, 11) is 0. The van der Waals surface area contributed by atoms with E-state index in [4.69, 9.17) is 17.2 Å². The molecule has 0 aliphatic rings. The van der Waals surface area contributed by atoms with E-state index in [0.29, 0.717) is 31.4 Å². The van der Waals surface area contributed by atoms with E-state index in [-0.39, 0.29) is 30.8 Å². The van der Waals surface area contributed by atoms with Crippen LogP contribution in [0.5, 0.6) is 5.75 Å². The van der Waals surface area contributed by atoms with Gasteiger partial charge in [-0.15, -0.1) is 0 Å². The second-order valence-corrected chi connectivity index (χ2v) is 8.84. The van der Waals surface area contributed by atoms with Crippen LogP contribution >= 0.6 is 12.6 Å². The number of carboxylic acid groups (broad SMARTS) is 1. The number of primary amides is 1. The number of nitrogens with two attached hydrogens (primary N) is 3. The number of phenols is 1. The number of benzene rings is 1. The molecule has 206 valence electrons. The summed E-state index contributed by atoms with van der Waals surface area (Å²) in [6.45, 7) is 0.447. The van der Waals surface area contributed by atoms with E-state index in [1.165, 1.54) is 24.3 Å². The summed E-state index contributed by atoms with van der Waals surface area (Å²) >= 11 is 4.08. The van der Waals surface area contributed by atoms with Gasteiger partial charge in [0.2, 0.25) is 23.6 Å². The fourth-order valence-corrected chi connectivity index (χ4v) is 3.54. The maximum Gasteiger partial charge on any atom is 0.326 e. The molecule has 0 aliphatic carbocycles. The van der Waals surface area contributed by atoms with Crippen LogP contribution in [-0.4, -0.2) is 76.3 Å². The lowest BCUT2D eigenvalue weighted by Crippen LogP contribution is -2.58. The van der Waals surface area contributed by atoms with Crippen LogP contribution in [0.1, 0.15) is 37.7 Å². The molecule has 0 heterocycles. The van der Waals surface area contributed by atoms with Crippen LogP contribution in [0.2, 0.25) is 0 Å². The molecule has 0 spiro atoms. The first-order valence-corrected chi connectivity index (χ1v) is 12.4. The molecule has 1 aromatic rings. The number of phenolic OH excluding ortho intramolecular Hbond substituents is 1. The number of amides is 4. The minimum Gasteiger partial charge on any atom is -0.508 e. The van der Waals surface area contributed by atoms with Crippen LogP contribution in [0, 0.1) is 0 Å². The standard InChI is InChI=1S/C23H36N6O7S/c24-10-2-1-3-15(25)20(32)27-16(8-9-19(26)31)21(33)29-18(12-37)22(34)28-17(23(35)36)11-13-4-6-14(30)7-5-13/h4-7,15-18,30,37H,1-3,8-12,24-25H2,(H2,26,31)(H,27,32)(H,28,34)(H,29,33)(H,35,36). The first kappa shape index (κ1) is 31.7. The highest BCUT2D eigenvalue weighted by Gasteiger charge is 2.30. The Morgan fingerprint density at radius 2 is 1.43 bits per heavy atom. The molecule has 1 rings (SSSR count). The van der Waals surface area contributed by atoms with Crippen molar-refractivity contribution >= 4 is 42.2 Å². The highest BCUT2D eigenvalue weighted by molar-refractivity contribution is 7.80.